The quantitative estimate of drug-likeness (QED) is 0.145. The molecule has 10 heteroatoms. The zero-order valence-electron chi connectivity index (χ0n) is 25.6. The number of unbranched alkanes of at least 4 members (excludes halogenated alkanes) is 2. The molecule has 0 fully saturated rings. The third-order valence-corrected chi connectivity index (χ3v) is 7.49. The van der Waals surface area contributed by atoms with Gasteiger partial charge in [0, 0.05) is 29.3 Å². The fraction of sp³-hybridized carbons (Fsp3) is 0.294. The molecule has 1 heterocycles. The fourth-order valence-electron chi connectivity index (χ4n) is 5.31. The van der Waals surface area contributed by atoms with Gasteiger partial charge in [0.05, 0.1) is 46.1 Å². The highest BCUT2D eigenvalue weighted by Gasteiger charge is 2.27. The van der Waals surface area contributed by atoms with Crippen molar-refractivity contribution in [3.05, 3.63) is 83.1 Å². The van der Waals surface area contributed by atoms with Gasteiger partial charge in [-0.25, -0.2) is 9.59 Å². The summed E-state index contributed by atoms with van der Waals surface area (Å²) >= 11 is 0. The van der Waals surface area contributed by atoms with Crippen molar-refractivity contribution in [1.29, 1.82) is 0 Å². The van der Waals surface area contributed by atoms with Crippen LogP contribution in [0.25, 0.3) is 16.7 Å². The maximum absolute atomic E-state index is 12.1. The number of nitrogens with zero attached hydrogens (tertiary/aromatic N) is 1. The highest BCUT2D eigenvalue weighted by Crippen LogP contribution is 2.46. The first kappa shape index (κ1) is 31.8. The number of carboxylic acids is 2. The topological polar surface area (TPSA) is 127 Å². The number of carboxylic acid groups (broad SMARTS) is 2. The molecule has 1 aliphatic heterocycles. The molecule has 3 aromatic carbocycles. The van der Waals surface area contributed by atoms with E-state index in [1.165, 1.54) is 21.3 Å². The summed E-state index contributed by atoms with van der Waals surface area (Å²) in [5, 5.41) is 21.6. The summed E-state index contributed by atoms with van der Waals surface area (Å²) in [5.41, 5.74) is 7.79. The molecular formula is C34H38N2O8. The second kappa shape index (κ2) is 14.4. The number of carbonyl (C=O) groups is 2. The maximum Gasteiger partial charge on any atom is 0.336 e. The molecule has 232 valence electrons. The van der Waals surface area contributed by atoms with Crippen LogP contribution in [0.3, 0.4) is 0 Å². The number of hydrogen-bond acceptors (Lipinski definition) is 8. The van der Waals surface area contributed by atoms with E-state index in [0.717, 1.165) is 24.0 Å². The van der Waals surface area contributed by atoms with E-state index in [9.17, 15) is 19.8 Å². The maximum atomic E-state index is 12.1. The van der Waals surface area contributed by atoms with E-state index in [1.807, 2.05) is 29.4 Å². The molecule has 0 unspecified atom stereocenters. The smallest absolute Gasteiger partial charge is 0.336 e. The minimum Gasteiger partial charge on any atom is -0.496 e. The first-order valence-corrected chi connectivity index (χ1v) is 14.3. The third kappa shape index (κ3) is 6.59. The Hall–Kier alpha value is -5.12. The van der Waals surface area contributed by atoms with E-state index in [2.05, 4.69) is 12.3 Å². The summed E-state index contributed by atoms with van der Waals surface area (Å²) in [7, 11) is 6.14. The Morgan fingerprint density at radius 2 is 1.66 bits per heavy atom. The van der Waals surface area contributed by atoms with Gasteiger partial charge in [-0.15, -0.1) is 0 Å². The molecule has 3 aromatic rings. The zero-order valence-corrected chi connectivity index (χ0v) is 25.6. The second-order valence-corrected chi connectivity index (χ2v) is 10.2. The summed E-state index contributed by atoms with van der Waals surface area (Å²) in [4.78, 5) is 24.1. The Morgan fingerprint density at radius 1 is 0.932 bits per heavy atom. The molecule has 44 heavy (non-hydrogen) atoms. The van der Waals surface area contributed by atoms with Gasteiger partial charge < -0.3 is 34.6 Å². The first-order chi connectivity index (χ1) is 21.3. The lowest BCUT2D eigenvalue weighted by atomic mass is 9.96. The number of rotatable bonds is 14. The number of nitrogens with one attached hydrogen (secondary N) is 1. The van der Waals surface area contributed by atoms with Gasteiger partial charge in [0.15, 0.2) is 17.2 Å². The molecule has 0 bridgehead atoms. The molecule has 3 N–H and O–H groups in total. The van der Waals surface area contributed by atoms with Gasteiger partial charge in [0.25, 0.3) is 0 Å². The minimum absolute atomic E-state index is 0.122. The largest absolute Gasteiger partial charge is 0.496 e. The normalized spacial score (nSPS) is 12.8. The van der Waals surface area contributed by atoms with Crippen LogP contribution in [0.15, 0.2) is 66.4 Å². The summed E-state index contributed by atoms with van der Waals surface area (Å²) < 4.78 is 22.8. The van der Waals surface area contributed by atoms with E-state index in [1.54, 1.807) is 43.5 Å². The number of hydrazine groups is 1. The molecule has 4 rings (SSSR count). The Labute approximate surface area is 257 Å². The molecule has 0 amide bonds. The van der Waals surface area contributed by atoms with E-state index in [0.29, 0.717) is 63.9 Å². The zero-order chi connectivity index (χ0) is 31.8. The van der Waals surface area contributed by atoms with Gasteiger partial charge in [-0.2, -0.15) is 0 Å². The second-order valence-electron chi connectivity index (χ2n) is 10.2. The summed E-state index contributed by atoms with van der Waals surface area (Å²) in [5.74, 6) is -0.136. The van der Waals surface area contributed by atoms with Crippen LogP contribution in [0.2, 0.25) is 0 Å². The first-order valence-electron chi connectivity index (χ1n) is 14.3. The molecule has 1 aliphatic rings. The Balaban J connectivity index is 1.72. The summed E-state index contributed by atoms with van der Waals surface area (Å²) in [6.07, 6.45) is 6.37. The highest BCUT2D eigenvalue weighted by atomic mass is 16.5. The van der Waals surface area contributed by atoms with Crippen LogP contribution < -0.4 is 29.4 Å². The summed E-state index contributed by atoms with van der Waals surface area (Å²) in [6.45, 7) is 2.48. The number of aliphatic carboxylic acids is 1. The standard InChI is InChI=1S/C34H38N2O8/c1-6-7-8-11-21(33(37)38)16-23-17-22(18-29(42-3)31(23)43-4)24-19-35-36(20-24)27-14-15-28(41-2)30(32(27)44-5)25-12-9-10-13-26(25)34(39)40/h9-15,17-19,35H,6-8,16,20H2,1-5H3,(H,37,38)(H,39,40). The number of hydrogen-bond donors (Lipinski definition) is 3. The fourth-order valence-corrected chi connectivity index (χ4v) is 5.31. The van der Waals surface area contributed by atoms with Gasteiger partial charge >= 0.3 is 11.9 Å². The monoisotopic (exact) mass is 602 g/mol. The SMILES string of the molecule is CCCCC=C(Cc1cc(C2=CNN(c3ccc(OC)c(-c4ccccc4C(=O)O)c3OC)C2)cc(OC)c1OC)C(=O)O. The van der Waals surface area contributed by atoms with Crippen LogP contribution in [-0.4, -0.2) is 57.1 Å². The molecular weight excluding hydrogens is 564 g/mol. The van der Waals surface area contributed by atoms with Gasteiger partial charge in [0.2, 0.25) is 0 Å². The average molecular weight is 603 g/mol. The van der Waals surface area contributed by atoms with Crippen molar-refractivity contribution < 1.29 is 38.7 Å². The predicted octanol–water partition coefficient (Wildman–Crippen LogP) is 6.20. The van der Waals surface area contributed by atoms with Gasteiger partial charge in [-0.3, -0.25) is 5.01 Å². The van der Waals surface area contributed by atoms with E-state index in [-0.39, 0.29) is 12.0 Å². The van der Waals surface area contributed by atoms with Crippen molar-refractivity contribution in [2.45, 2.75) is 32.6 Å². The van der Waals surface area contributed by atoms with E-state index in [4.69, 9.17) is 18.9 Å². The van der Waals surface area contributed by atoms with Crippen molar-refractivity contribution in [1.82, 2.24) is 5.43 Å². The Kier molecular flexibility index (Phi) is 10.4. The van der Waals surface area contributed by atoms with Crippen LogP contribution >= 0.6 is 0 Å². The predicted molar refractivity (Wildman–Crippen MR) is 169 cm³/mol. The average Bonchev–Trinajstić information content (AvgIpc) is 3.53. The lowest BCUT2D eigenvalue weighted by molar-refractivity contribution is -0.132. The van der Waals surface area contributed by atoms with Crippen molar-refractivity contribution in [3.63, 3.8) is 0 Å². The molecule has 0 aliphatic carbocycles. The van der Waals surface area contributed by atoms with Gasteiger partial charge in [-0.1, -0.05) is 44.0 Å². The number of allylic oxidation sites excluding steroid dienone is 1. The minimum atomic E-state index is -1.06. The molecule has 0 radical (unpaired) electrons. The van der Waals surface area contributed by atoms with Crippen LogP contribution in [0.1, 0.15) is 47.7 Å². The van der Waals surface area contributed by atoms with Gasteiger partial charge in [0.1, 0.15) is 11.4 Å². The highest BCUT2D eigenvalue weighted by molar-refractivity contribution is 5.99. The van der Waals surface area contributed by atoms with Gasteiger partial charge in [-0.05, 0) is 47.9 Å². The van der Waals surface area contributed by atoms with Crippen molar-refractivity contribution in [3.8, 4) is 34.1 Å². The molecule has 0 aromatic heterocycles. The Bertz CT molecular complexity index is 1590. The Morgan fingerprint density at radius 3 is 2.30 bits per heavy atom. The number of methoxy groups -OCH3 is 4. The van der Waals surface area contributed by atoms with Crippen LogP contribution in [0, 0.1) is 0 Å². The molecule has 0 saturated carbocycles. The van der Waals surface area contributed by atoms with Crippen LogP contribution in [0.5, 0.6) is 23.0 Å². The third-order valence-electron chi connectivity index (χ3n) is 7.49. The van der Waals surface area contributed by atoms with Crippen molar-refractivity contribution in [2.24, 2.45) is 0 Å². The van der Waals surface area contributed by atoms with Crippen LogP contribution in [0.4, 0.5) is 5.69 Å². The number of ether oxygens (including phenoxy) is 4. The summed E-state index contributed by atoms with van der Waals surface area (Å²) in [6, 6.07) is 14.1. The molecule has 0 saturated heterocycles. The van der Waals surface area contributed by atoms with Crippen molar-refractivity contribution in [2.75, 3.05) is 40.0 Å². The molecule has 10 nitrogen and oxygen atoms in total. The number of anilines is 1. The molecule has 0 atom stereocenters. The number of benzene rings is 3. The lowest BCUT2D eigenvalue weighted by Crippen LogP contribution is -2.30. The lowest BCUT2D eigenvalue weighted by Gasteiger charge is -2.25. The van der Waals surface area contributed by atoms with E-state index < -0.39 is 11.9 Å². The van der Waals surface area contributed by atoms with E-state index >= 15 is 0 Å². The van der Waals surface area contributed by atoms with Crippen molar-refractivity contribution >= 4 is 23.2 Å². The molecule has 0 spiro atoms. The number of aromatic carboxylic acids is 1. The van der Waals surface area contributed by atoms with Crippen LogP contribution in [-0.2, 0) is 11.2 Å².